The molecule has 4 N–H and O–H groups in total. The molecule has 122 valence electrons. The molecule has 3 rings (SSSR count). The van der Waals surface area contributed by atoms with E-state index in [1.54, 1.807) is 26.6 Å². The van der Waals surface area contributed by atoms with E-state index < -0.39 is 0 Å². The summed E-state index contributed by atoms with van der Waals surface area (Å²) in [6, 6.07) is 5.41. The molecule has 1 aromatic carbocycles. The van der Waals surface area contributed by atoms with Gasteiger partial charge in [-0.2, -0.15) is 0 Å². The number of carbonyl (C=O) groups is 1. The van der Waals surface area contributed by atoms with Gasteiger partial charge in [0, 0.05) is 26.0 Å². The first-order valence-corrected chi connectivity index (χ1v) is 7.35. The Morgan fingerprint density at radius 2 is 2.39 bits per heavy atom. The number of benzene rings is 1. The van der Waals surface area contributed by atoms with Crippen LogP contribution >= 0.6 is 0 Å². The maximum absolute atomic E-state index is 11.8. The lowest BCUT2D eigenvalue weighted by Gasteiger charge is -2.35. The number of carbonyl (C=O) groups excluding carboxylic acids is 1. The summed E-state index contributed by atoms with van der Waals surface area (Å²) in [5, 5.41) is 2.60. The molecule has 2 heterocycles. The summed E-state index contributed by atoms with van der Waals surface area (Å²) in [5.41, 5.74) is 8.69. The molecule has 8 heteroatoms. The van der Waals surface area contributed by atoms with Crippen molar-refractivity contribution in [3.8, 4) is 5.75 Å². The van der Waals surface area contributed by atoms with Crippen LogP contribution in [0, 0.1) is 0 Å². The van der Waals surface area contributed by atoms with Crippen LogP contribution in [0.2, 0.25) is 0 Å². The van der Waals surface area contributed by atoms with E-state index in [4.69, 9.17) is 10.5 Å². The number of rotatable bonds is 3. The van der Waals surface area contributed by atoms with Gasteiger partial charge in [0.1, 0.15) is 18.5 Å². The van der Waals surface area contributed by atoms with Gasteiger partial charge < -0.3 is 25.7 Å². The van der Waals surface area contributed by atoms with Crippen molar-refractivity contribution in [1.82, 2.24) is 15.3 Å². The van der Waals surface area contributed by atoms with Crippen LogP contribution in [-0.4, -0.2) is 43.2 Å². The van der Waals surface area contributed by atoms with Crippen LogP contribution in [0.3, 0.4) is 0 Å². The number of amides is 2. The summed E-state index contributed by atoms with van der Waals surface area (Å²) in [5.74, 6) is 0.747. The highest BCUT2D eigenvalue weighted by molar-refractivity contribution is 5.92. The van der Waals surface area contributed by atoms with Crippen molar-refractivity contribution < 1.29 is 9.53 Å². The first-order chi connectivity index (χ1) is 11.1. The molecule has 8 nitrogen and oxygen atoms in total. The van der Waals surface area contributed by atoms with Gasteiger partial charge in [-0.25, -0.2) is 9.78 Å². The highest BCUT2D eigenvalue weighted by Crippen LogP contribution is 2.37. The summed E-state index contributed by atoms with van der Waals surface area (Å²) in [7, 11) is 3.31. The van der Waals surface area contributed by atoms with Gasteiger partial charge in [0.2, 0.25) is 0 Å². The van der Waals surface area contributed by atoms with Crippen molar-refractivity contribution >= 4 is 17.4 Å². The number of H-pyrrole nitrogens is 1. The summed E-state index contributed by atoms with van der Waals surface area (Å²) >= 11 is 0. The zero-order chi connectivity index (χ0) is 16.4. The summed E-state index contributed by atoms with van der Waals surface area (Å²) < 4.78 is 5.70. The van der Waals surface area contributed by atoms with Crippen molar-refractivity contribution in [2.24, 2.45) is 5.73 Å². The average molecular weight is 316 g/mol. The lowest BCUT2D eigenvalue weighted by atomic mass is 10.1. The van der Waals surface area contributed by atoms with E-state index in [9.17, 15) is 4.79 Å². The molecular weight excluding hydrogens is 296 g/mol. The van der Waals surface area contributed by atoms with Crippen molar-refractivity contribution in [1.29, 1.82) is 0 Å². The molecule has 0 spiro atoms. The minimum Gasteiger partial charge on any atom is -0.490 e. The molecule has 1 aliphatic rings. The lowest BCUT2D eigenvalue weighted by Crippen LogP contribution is -2.41. The first-order valence-electron chi connectivity index (χ1n) is 7.35. The number of hydrogen-bond donors (Lipinski definition) is 3. The smallest absolute Gasteiger partial charge is 0.321 e. The minimum absolute atomic E-state index is 0.190. The van der Waals surface area contributed by atoms with Crippen LogP contribution in [0.1, 0.15) is 11.9 Å². The Kier molecular flexibility index (Phi) is 4.07. The molecule has 0 bridgehead atoms. The molecule has 0 fully saturated rings. The minimum atomic E-state index is -0.385. The van der Waals surface area contributed by atoms with Crippen LogP contribution in [0.25, 0.3) is 0 Å². The van der Waals surface area contributed by atoms with Gasteiger partial charge in [-0.3, -0.25) is 4.90 Å². The number of nitrogens with two attached hydrogens (primary N) is 1. The Bertz CT molecular complexity index is 687. The van der Waals surface area contributed by atoms with Gasteiger partial charge in [-0.05, 0) is 18.2 Å². The van der Waals surface area contributed by atoms with E-state index in [1.165, 1.54) is 4.90 Å². The Morgan fingerprint density at radius 3 is 3.09 bits per heavy atom. The Labute approximate surface area is 134 Å². The Hall–Kier alpha value is -2.74. The van der Waals surface area contributed by atoms with Gasteiger partial charge in [-0.15, -0.1) is 0 Å². The molecule has 0 radical (unpaired) electrons. The molecule has 0 saturated heterocycles. The third-order valence-corrected chi connectivity index (χ3v) is 3.91. The zero-order valence-electron chi connectivity index (χ0n) is 13.1. The highest BCUT2D eigenvalue weighted by Gasteiger charge is 2.26. The van der Waals surface area contributed by atoms with Crippen LogP contribution in [0.15, 0.2) is 30.7 Å². The molecular formula is C15H20N6O2. The molecule has 2 aromatic rings. The number of nitrogens with one attached hydrogen (secondary N) is 2. The average Bonchev–Trinajstić information content (AvgIpc) is 3.13. The topological polar surface area (TPSA) is 99.5 Å². The maximum Gasteiger partial charge on any atom is 0.321 e. The van der Waals surface area contributed by atoms with E-state index in [0.717, 1.165) is 22.8 Å². The van der Waals surface area contributed by atoms with E-state index in [0.29, 0.717) is 13.2 Å². The van der Waals surface area contributed by atoms with Gasteiger partial charge >= 0.3 is 6.03 Å². The number of aromatic amines is 1. The second-order valence-electron chi connectivity index (χ2n) is 5.25. The van der Waals surface area contributed by atoms with Crippen LogP contribution in [0.4, 0.5) is 16.2 Å². The van der Waals surface area contributed by atoms with E-state index >= 15 is 0 Å². The first kappa shape index (κ1) is 15.2. The number of urea groups is 1. The van der Waals surface area contributed by atoms with Gasteiger partial charge in [0.15, 0.2) is 0 Å². The number of aromatic nitrogens is 2. The molecule has 23 heavy (non-hydrogen) atoms. The summed E-state index contributed by atoms with van der Waals surface area (Å²) in [6.07, 6.45) is 3.00. The van der Waals surface area contributed by atoms with E-state index in [-0.39, 0.29) is 12.2 Å². The predicted molar refractivity (Wildman–Crippen MR) is 87.7 cm³/mol. The SMILES string of the molecule is CNC(=O)N(C)c1ccc2c(c1)N(C(N)c1c[nH]cn1)CCO2. The predicted octanol–water partition coefficient (Wildman–Crippen LogP) is 1.04. The van der Waals surface area contributed by atoms with Crippen LogP contribution < -0.4 is 25.6 Å². The van der Waals surface area contributed by atoms with Gasteiger partial charge in [0.25, 0.3) is 0 Å². The molecule has 2 amide bonds. The van der Waals surface area contributed by atoms with Crippen molar-refractivity contribution in [3.63, 3.8) is 0 Å². The normalized spacial score (nSPS) is 14.7. The van der Waals surface area contributed by atoms with Crippen LogP contribution in [-0.2, 0) is 0 Å². The van der Waals surface area contributed by atoms with Crippen molar-refractivity contribution in [2.45, 2.75) is 6.17 Å². The number of ether oxygens (including phenoxy) is 1. The largest absolute Gasteiger partial charge is 0.490 e. The number of imidazole rings is 1. The van der Waals surface area contributed by atoms with E-state index in [1.807, 2.05) is 23.1 Å². The second-order valence-corrected chi connectivity index (χ2v) is 5.25. The monoisotopic (exact) mass is 316 g/mol. The quantitative estimate of drug-likeness (QED) is 0.786. The van der Waals surface area contributed by atoms with Crippen molar-refractivity contribution in [2.75, 3.05) is 37.0 Å². The fourth-order valence-corrected chi connectivity index (χ4v) is 2.60. The summed E-state index contributed by atoms with van der Waals surface area (Å²) in [6.45, 7) is 1.20. The zero-order valence-corrected chi connectivity index (χ0v) is 13.1. The fraction of sp³-hybridized carbons (Fsp3) is 0.333. The highest BCUT2D eigenvalue weighted by atomic mass is 16.5. The number of fused-ring (bicyclic) bond motifs is 1. The number of anilines is 2. The standard InChI is InChI=1S/C15H20N6O2/c1-17-15(22)20(2)10-3-4-13-12(7-10)21(5-6-23-13)14(16)11-8-18-9-19-11/h3-4,7-9,14H,5-6,16H2,1-2H3,(H,17,22)(H,18,19). The number of nitrogens with zero attached hydrogens (tertiary/aromatic N) is 3. The fourth-order valence-electron chi connectivity index (χ4n) is 2.60. The molecule has 0 aliphatic carbocycles. The lowest BCUT2D eigenvalue weighted by molar-refractivity contribution is 0.249. The van der Waals surface area contributed by atoms with Crippen molar-refractivity contribution in [3.05, 3.63) is 36.4 Å². The second kappa shape index (κ2) is 6.17. The molecule has 0 saturated carbocycles. The van der Waals surface area contributed by atoms with E-state index in [2.05, 4.69) is 15.3 Å². The third-order valence-electron chi connectivity index (χ3n) is 3.91. The van der Waals surface area contributed by atoms with Gasteiger partial charge in [-0.1, -0.05) is 0 Å². The molecule has 1 atom stereocenters. The molecule has 1 aromatic heterocycles. The van der Waals surface area contributed by atoms with Crippen LogP contribution in [0.5, 0.6) is 5.75 Å². The Morgan fingerprint density at radius 1 is 1.57 bits per heavy atom. The summed E-state index contributed by atoms with van der Waals surface area (Å²) in [4.78, 5) is 22.5. The maximum atomic E-state index is 11.8. The number of hydrogen-bond acceptors (Lipinski definition) is 5. The van der Waals surface area contributed by atoms with Gasteiger partial charge in [0.05, 0.1) is 24.3 Å². The Balaban J connectivity index is 1.95. The molecule has 1 unspecified atom stereocenters. The molecule has 1 aliphatic heterocycles. The third kappa shape index (κ3) is 2.80.